The molecule has 2 rings (SSSR count). The van der Waals surface area contributed by atoms with E-state index in [0.717, 1.165) is 10.9 Å². The van der Waals surface area contributed by atoms with E-state index < -0.39 is 0 Å². The van der Waals surface area contributed by atoms with E-state index in [1.165, 1.54) is 17.7 Å². The molecule has 0 radical (unpaired) electrons. The quantitative estimate of drug-likeness (QED) is 0.910. The maximum absolute atomic E-state index is 3.73. The molecule has 1 N–H and O–H groups in total. The summed E-state index contributed by atoms with van der Waals surface area (Å²) in [6.45, 7) is 4.57. The second kappa shape index (κ2) is 5.11. The lowest BCUT2D eigenvalue weighted by molar-refractivity contribution is 0.455. The topological polar surface area (TPSA) is 12.0 Å². The number of rotatable bonds is 3. The van der Waals surface area contributed by atoms with Crippen molar-refractivity contribution >= 4 is 27.7 Å². The fourth-order valence-corrected chi connectivity index (χ4v) is 3.78. The average Bonchev–Trinajstić information content (AvgIpc) is 2.64. The predicted octanol–water partition coefficient (Wildman–Crippen LogP) is 3.82. The van der Waals surface area contributed by atoms with Crippen LogP contribution in [0.3, 0.4) is 0 Å². The van der Waals surface area contributed by atoms with Crippen molar-refractivity contribution in [1.82, 2.24) is 5.32 Å². The molecule has 0 amide bonds. The van der Waals surface area contributed by atoms with Crippen LogP contribution in [0.15, 0.2) is 28.7 Å². The summed E-state index contributed by atoms with van der Waals surface area (Å²) in [5.41, 5.74) is 1.41. The molecule has 0 aliphatic carbocycles. The lowest BCUT2D eigenvalue weighted by Crippen LogP contribution is -2.40. The first-order valence-corrected chi connectivity index (χ1v) is 7.55. The number of thioether (sulfide) groups is 1. The molecule has 0 aromatic heterocycles. The Hall–Kier alpha value is 0.01000. The van der Waals surface area contributed by atoms with Gasteiger partial charge in [0.05, 0.1) is 4.87 Å². The third-order valence-electron chi connectivity index (χ3n) is 3.06. The van der Waals surface area contributed by atoms with Gasteiger partial charge >= 0.3 is 0 Å². The number of halogens is 1. The zero-order valence-corrected chi connectivity index (χ0v) is 12.2. The van der Waals surface area contributed by atoms with Crippen LogP contribution in [0.25, 0.3) is 0 Å². The van der Waals surface area contributed by atoms with Crippen LogP contribution in [0.4, 0.5) is 0 Å². The first-order chi connectivity index (χ1) is 7.61. The van der Waals surface area contributed by atoms with Gasteiger partial charge in [0, 0.05) is 16.3 Å². The summed E-state index contributed by atoms with van der Waals surface area (Å²) in [6, 6.07) is 9.34. The largest absolute Gasteiger partial charge is 0.299 e. The minimum Gasteiger partial charge on any atom is -0.299 e. The van der Waals surface area contributed by atoms with Gasteiger partial charge in [0.2, 0.25) is 0 Å². The van der Waals surface area contributed by atoms with Crippen molar-refractivity contribution in [2.75, 3.05) is 5.75 Å². The van der Waals surface area contributed by atoms with E-state index in [1.54, 1.807) is 0 Å². The van der Waals surface area contributed by atoms with E-state index in [4.69, 9.17) is 0 Å². The number of hydrogen-bond donors (Lipinski definition) is 1. The maximum atomic E-state index is 3.73. The monoisotopic (exact) mass is 299 g/mol. The Bertz CT molecular complexity index is 351. The molecule has 1 saturated heterocycles. The third kappa shape index (κ3) is 3.02. The van der Waals surface area contributed by atoms with Gasteiger partial charge in [-0.2, -0.15) is 0 Å². The molecule has 1 heterocycles. The van der Waals surface area contributed by atoms with Crippen LogP contribution in [0.5, 0.6) is 0 Å². The van der Waals surface area contributed by atoms with E-state index in [9.17, 15) is 0 Å². The van der Waals surface area contributed by atoms with Crippen LogP contribution in [-0.2, 0) is 6.42 Å². The average molecular weight is 300 g/mol. The van der Waals surface area contributed by atoms with Crippen LogP contribution in [-0.4, -0.2) is 16.7 Å². The van der Waals surface area contributed by atoms with E-state index in [1.807, 2.05) is 0 Å². The Morgan fingerprint density at radius 1 is 1.44 bits per heavy atom. The number of benzene rings is 1. The molecule has 2 atom stereocenters. The van der Waals surface area contributed by atoms with Crippen molar-refractivity contribution in [2.24, 2.45) is 0 Å². The van der Waals surface area contributed by atoms with Gasteiger partial charge in [-0.3, -0.25) is 5.32 Å². The lowest BCUT2D eigenvalue weighted by atomic mass is 10.1. The summed E-state index contributed by atoms with van der Waals surface area (Å²) in [4.78, 5) is 0.217. The highest BCUT2D eigenvalue weighted by Crippen LogP contribution is 2.34. The predicted molar refractivity (Wildman–Crippen MR) is 75.9 cm³/mol. The van der Waals surface area contributed by atoms with Gasteiger partial charge < -0.3 is 0 Å². The fourth-order valence-electron chi connectivity index (χ4n) is 2.11. The van der Waals surface area contributed by atoms with Gasteiger partial charge in [-0.05, 0) is 37.5 Å². The molecule has 0 bridgehead atoms. The zero-order chi connectivity index (χ0) is 11.6. The lowest BCUT2D eigenvalue weighted by Gasteiger charge is -2.24. The van der Waals surface area contributed by atoms with Gasteiger partial charge in [-0.25, -0.2) is 0 Å². The fraction of sp³-hybridized carbons (Fsp3) is 0.538. The molecule has 88 valence electrons. The normalized spacial score (nSPS) is 29.6. The molecule has 1 fully saturated rings. The summed E-state index contributed by atoms with van der Waals surface area (Å²) < 4.78 is 1.15. The number of hydrogen-bond acceptors (Lipinski definition) is 2. The smallest absolute Gasteiger partial charge is 0.0660 e. The molecule has 16 heavy (non-hydrogen) atoms. The molecule has 1 aromatic carbocycles. The molecule has 0 spiro atoms. The summed E-state index contributed by atoms with van der Waals surface area (Å²) in [5, 5.41) is 3.73. The molecular weight excluding hydrogens is 282 g/mol. The Morgan fingerprint density at radius 2 is 2.12 bits per heavy atom. The third-order valence-corrected chi connectivity index (χ3v) is 5.06. The highest BCUT2D eigenvalue weighted by atomic mass is 79.9. The van der Waals surface area contributed by atoms with E-state index in [0.29, 0.717) is 6.04 Å². The molecule has 1 nitrogen and oxygen atoms in total. The SMILES string of the molecule is CCC1CSC(C)(Cc2ccc(Br)cc2)N1. The van der Waals surface area contributed by atoms with Crippen molar-refractivity contribution < 1.29 is 0 Å². The van der Waals surface area contributed by atoms with Crippen LogP contribution in [0.1, 0.15) is 25.8 Å². The molecule has 0 saturated carbocycles. The van der Waals surface area contributed by atoms with Crippen LogP contribution >= 0.6 is 27.7 Å². The van der Waals surface area contributed by atoms with Crippen LogP contribution < -0.4 is 5.32 Å². The van der Waals surface area contributed by atoms with Crippen LogP contribution in [0, 0.1) is 0 Å². The second-order valence-electron chi connectivity index (χ2n) is 4.59. The van der Waals surface area contributed by atoms with Crippen LogP contribution in [0.2, 0.25) is 0 Å². The number of nitrogens with one attached hydrogen (secondary N) is 1. The first-order valence-electron chi connectivity index (χ1n) is 5.77. The molecule has 1 aliphatic heterocycles. The maximum Gasteiger partial charge on any atom is 0.0660 e. The molecule has 1 aliphatic rings. The van der Waals surface area contributed by atoms with Crippen molar-refractivity contribution in [1.29, 1.82) is 0 Å². The van der Waals surface area contributed by atoms with Gasteiger partial charge in [0.25, 0.3) is 0 Å². The zero-order valence-electron chi connectivity index (χ0n) is 9.79. The molecule has 3 heteroatoms. The summed E-state index contributed by atoms with van der Waals surface area (Å²) in [5.74, 6) is 1.24. The van der Waals surface area contributed by atoms with Gasteiger partial charge in [-0.1, -0.05) is 35.0 Å². The minimum atomic E-state index is 0.217. The Kier molecular flexibility index (Phi) is 3.98. The molecular formula is C13H18BrNS. The molecule has 2 unspecified atom stereocenters. The standard InChI is InChI=1S/C13H18BrNS/c1-3-12-9-16-13(2,15-12)8-10-4-6-11(14)7-5-10/h4-7,12,15H,3,8-9H2,1-2H3. The Balaban J connectivity index is 2.01. The summed E-state index contributed by atoms with van der Waals surface area (Å²) >= 11 is 5.53. The van der Waals surface area contributed by atoms with Gasteiger partial charge in [0.1, 0.15) is 0 Å². The van der Waals surface area contributed by atoms with Crippen molar-refractivity contribution in [3.05, 3.63) is 34.3 Å². The highest BCUT2D eigenvalue weighted by Gasteiger charge is 2.33. The summed E-state index contributed by atoms with van der Waals surface area (Å²) in [6.07, 6.45) is 2.32. The highest BCUT2D eigenvalue weighted by molar-refractivity contribution is 9.10. The van der Waals surface area contributed by atoms with E-state index >= 15 is 0 Å². The van der Waals surface area contributed by atoms with Crippen molar-refractivity contribution in [3.63, 3.8) is 0 Å². The van der Waals surface area contributed by atoms with E-state index in [-0.39, 0.29) is 4.87 Å². The summed E-state index contributed by atoms with van der Waals surface area (Å²) in [7, 11) is 0. The Labute approximate surface area is 111 Å². The second-order valence-corrected chi connectivity index (χ2v) is 7.03. The minimum absolute atomic E-state index is 0.217. The van der Waals surface area contributed by atoms with Gasteiger partial charge in [0.15, 0.2) is 0 Å². The molecule has 1 aromatic rings. The van der Waals surface area contributed by atoms with Crippen molar-refractivity contribution in [3.8, 4) is 0 Å². The first kappa shape index (κ1) is 12.5. The van der Waals surface area contributed by atoms with Gasteiger partial charge in [-0.15, -0.1) is 11.8 Å². The van der Waals surface area contributed by atoms with Crippen molar-refractivity contribution in [2.45, 2.75) is 37.6 Å². The Morgan fingerprint density at radius 3 is 2.69 bits per heavy atom. The van der Waals surface area contributed by atoms with E-state index in [2.05, 4.69) is 71.1 Å².